The summed E-state index contributed by atoms with van der Waals surface area (Å²) in [6.45, 7) is 7.94. The predicted octanol–water partition coefficient (Wildman–Crippen LogP) is 6.38. The van der Waals surface area contributed by atoms with Crippen molar-refractivity contribution in [2.75, 3.05) is 53.6 Å². The van der Waals surface area contributed by atoms with Gasteiger partial charge in [-0.2, -0.15) is 40.5 Å². The molecule has 3 aliphatic heterocycles. The number of methoxy groups -OCH3 is 2. The van der Waals surface area contributed by atoms with Crippen LogP contribution in [0.1, 0.15) is 130 Å². The number of rotatable bonds is 8. The van der Waals surface area contributed by atoms with E-state index < -0.39 is 6.61 Å². The molecule has 6 aliphatic rings. The molecule has 15 heteroatoms. The number of ether oxygens (including phenoxy) is 2. The summed E-state index contributed by atoms with van der Waals surface area (Å²) in [7, 11) is 2.78. The maximum atomic E-state index is 12.8. The number of amides is 3. The van der Waals surface area contributed by atoms with Crippen LogP contribution in [-0.4, -0.2) is 104 Å². The van der Waals surface area contributed by atoms with Crippen LogP contribution < -0.4 is 5.32 Å². The van der Waals surface area contributed by atoms with Gasteiger partial charge < -0.3 is 29.7 Å². The molecule has 3 aromatic rings. The quantitative estimate of drug-likeness (QED) is 0.193. The Morgan fingerprint density at radius 2 is 0.970 bits per heavy atom. The number of hydrogen-bond donors (Lipinski definition) is 2. The van der Waals surface area contributed by atoms with Gasteiger partial charge in [-0.15, -0.1) is 0 Å². The van der Waals surface area contributed by atoms with Gasteiger partial charge in [-0.05, 0) is 154 Å². The van der Waals surface area contributed by atoms with E-state index in [0.717, 1.165) is 139 Å². The van der Waals surface area contributed by atoms with Crippen LogP contribution in [0.3, 0.4) is 0 Å². The van der Waals surface area contributed by atoms with Crippen LogP contribution in [0.25, 0.3) is 0 Å². The lowest BCUT2D eigenvalue weighted by atomic mass is 9.70. The molecule has 360 valence electrons. The molecule has 0 radical (unpaired) electrons. The highest BCUT2D eigenvalue weighted by atomic mass is 32.1. The van der Waals surface area contributed by atoms with Gasteiger partial charge in [-0.25, -0.2) is 9.59 Å². The smallest absolute Gasteiger partial charge is 0.337 e. The number of hydrogen-bond acceptors (Lipinski definition) is 9. The Labute approximate surface area is 410 Å². The standard InChI is InChI=1S/2C18H23NO3.C15H17NO3.3H2S/c1-3-9-19-10-8-18(17(19)21)7-6-13-4-5-14(16(20)22-2)11-15(13)12-18;1-2-8-19-9-7-18(17(19)22)6-5-13-3-4-14(16(21)12-20)10-15(13)11-18;1-19-13(17)11-3-2-10-4-5-15(9-12(10)8-11)6-7-16-14(15)18;;;/h4-5,11H,3,6-10,12H2,1-2H3;3-4,10,20H,2,5-9,11-12H2,1H3;2-3,8H,4-7,9H2,1H3,(H,16,18);3*1H2/t2*18-;15-;;;/m111.../s1. The van der Waals surface area contributed by atoms with Crippen molar-refractivity contribution in [1.29, 1.82) is 0 Å². The van der Waals surface area contributed by atoms with E-state index >= 15 is 0 Å². The number of aliphatic hydroxyl groups is 1. The zero-order valence-corrected chi connectivity index (χ0v) is 41.9. The van der Waals surface area contributed by atoms with Crippen molar-refractivity contribution < 1.29 is 43.3 Å². The minimum Gasteiger partial charge on any atom is -0.465 e. The molecule has 0 saturated carbocycles. The lowest BCUT2D eigenvalue weighted by molar-refractivity contribution is -0.137. The Bertz CT molecular complexity index is 2180. The average molecular weight is 964 g/mol. The highest BCUT2D eigenvalue weighted by Gasteiger charge is 2.49. The van der Waals surface area contributed by atoms with E-state index in [0.29, 0.717) is 28.5 Å². The minimum atomic E-state index is -0.465. The summed E-state index contributed by atoms with van der Waals surface area (Å²) in [5, 5.41) is 12.0. The van der Waals surface area contributed by atoms with Gasteiger partial charge in [0.15, 0.2) is 5.78 Å². The summed E-state index contributed by atoms with van der Waals surface area (Å²) in [5.41, 5.74) is 8.06. The molecule has 66 heavy (non-hydrogen) atoms. The van der Waals surface area contributed by atoms with Crippen molar-refractivity contribution in [3.8, 4) is 0 Å². The SMILES string of the molecule is CCCN1CC[C@@]2(CCc3ccc(C(=O)CO)cc3C2)C1=O.CCCN1CC[C@@]2(CCc3ccc(C(=O)OC)cc3C2)C1=O.COC(=O)c1ccc2c(c1)C[C@]1(CCNC1=O)CC2.S.S.S. The van der Waals surface area contributed by atoms with Crippen molar-refractivity contribution in [2.45, 2.75) is 104 Å². The largest absolute Gasteiger partial charge is 0.465 e. The maximum Gasteiger partial charge on any atom is 0.337 e. The Morgan fingerprint density at radius 1 is 0.576 bits per heavy atom. The van der Waals surface area contributed by atoms with Crippen molar-refractivity contribution >= 4 is 75.9 Å². The summed E-state index contributed by atoms with van der Waals surface area (Å²) in [4.78, 5) is 76.6. The topological polar surface area (TPSA) is 160 Å². The summed E-state index contributed by atoms with van der Waals surface area (Å²) < 4.78 is 9.55. The number of aliphatic hydroxyl groups excluding tert-OH is 1. The number of likely N-dealkylation sites (tertiary alicyclic amines) is 2. The van der Waals surface area contributed by atoms with Gasteiger partial charge in [0.2, 0.25) is 17.7 Å². The minimum absolute atomic E-state index is 0. The van der Waals surface area contributed by atoms with Crippen molar-refractivity contribution in [3.63, 3.8) is 0 Å². The van der Waals surface area contributed by atoms with E-state index in [-0.39, 0.29) is 80.4 Å². The Morgan fingerprint density at radius 3 is 1.35 bits per heavy atom. The summed E-state index contributed by atoms with van der Waals surface area (Å²) in [6.07, 6.45) is 12.4. The number of Topliss-reactive ketones (excluding diaryl/α,β-unsaturated/α-hetero) is 1. The van der Waals surface area contributed by atoms with Gasteiger partial charge in [0, 0.05) is 38.3 Å². The monoisotopic (exact) mass is 963 g/mol. The van der Waals surface area contributed by atoms with Crippen LogP contribution in [0.5, 0.6) is 0 Å². The summed E-state index contributed by atoms with van der Waals surface area (Å²) in [6, 6.07) is 17.1. The van der Waals surface area contributed by atoms with Crippen molar-refractivity contribution in [2.24, 2.45) is 16.2 Å². The second-order valence-electron chi connectivity index (χ2n) is 18.5. The number of ketones is 1. The summed E-state index contributed by atoms with van der Waals surface area (Å²) in [5.74, 6) is -0.122. The van der Waals surface area contributed by atoms with Crippen LogP contribution in [0.2, 0.25) is 0 Å². The molecule has 3 spiro atoms. The van der Waals surface area contributed by atoms with Crippen LogP contribution in [0, 0.1) is 16.2 Å². The number of benzene rings is 3. The first-order chi connectivity index (χ1) is 30.3. The van der Waals surface area contributed by atoms with Crippen molar-refractivity contribution in [1.82, 2.24) is 15.1 Å². The fraction of sp³-hybridized carbons (Fsp3) is 0.529. The van der Waals surface area contributed by atoms with E-state index in [9.17, 15) is 28.8 Å². The highest BCUT2D eigenvalue weighted by molar-refractivity contribution is 7.59. The number of aryl methyl sites for hydroxylation is 3. The number of nitrogens with one attached hydrogen (secondary N) is 1. The van der Waals surface area contributed by atoms with Gasteiger partial charge in [-0.3, -0.25) is 19.2 Å². The van der Waals surface area contributed by atoms with E-state index in [1.165, 1.54) is 30.9 Å². The fourth-order valence-corrected chi connectivity index (χ4v) is 11.0. The molecule has 3 fully saturated rings. The third-order valence-corrected chi connectivity index (χ3v) is 14.7. The third kappa shape index (κ3) is 11.0. The van der Waals surface area contributed by atoms with Crippen LogP contribution in [0.15, 0.2) is 54.6 Å². The van der Waals surface area contributed by atoms with E-state index in [4.69, 9.17) is 14.6 Å². The first kappa shape index (κ1) is 54.3. The van der Waals surface area contributed by atoms with Crippen LogP contribution in [0.4, 0.5) is 0 Å². The number of carbonyl (C=O) groups is 6. The second kappa shape index (κ2) is 23.1. The molecular weight excluding hydrogens is 895 g/mol. The second-order valence-corrected chi connectivity index (χ2v) is 18.5. The number of fused-ring (bicyclic) bond motifs is 3. The van der Waals surface area contributed by atoms with Crippen LogP contribution >= 0.6 is 40.5 Å². The molecule has 3 saturated heterocycles. The lowest BCUT2D eigenvalue weighted by Crippen LogP contribution is -2.39. The van der Waals surface area contributed by atoms with Crippen LogP contribution in [-0.2, 0) is 62.4 Å². The molecule has 3 heterocycles. The molecule has 0 unspecified atom stereocenters. The van der Waals surface area contributed by atoms with E-state index in [1.54, 1.807) is 12.1 Å². The lowest BCUT2D eigenvalue weighted by Gasteiger charge is -2.33. The molecule has 12 nitrogen and oxygen atoms in total. The molecule has 3 aromatic carbocycles. The molecule has 9 rings (SSSR count). The molecule has 3 aliphatic carbocycles. The molecular formula is C51H69N3O9S3. The third-order valence-electron chi connectivity index (χ3n) is 14.7. The number of nitrogens with zero attached hydrogens (tertiary/aromatic N) is 2. The average Bonchev–Trinajstić information content (AvgIpc) is 3.92. The Kier molecular flexibility index (Phi) is 19.0. The molecule has 3 atom stereocenters. The van der Waals surface area contributed by atoms with Crippen molar-refractivity contribution in [3.05, 3.63) is 105 Å². The zero-order chi connectivity index (χ0) is 44.9. The molecule has 0 bridgehead atoms. The Hall–Kier alpha value is -4.31. The molecule has 3 amide bonds. The number of esters is 2. The Balaban J connectivity index is 0.000000212. The summed E-state index contributed by atoms with van der Waals surface area (Å²) >= 11 is 0. The fourth-order valence-electron chi connectivity index (χ4n) is 11.0. The maximum absolute atomic E-state index is 12.8. The molecule has 0 aromatic heterocycles. The first-order valence-electron chi connectivity index (χ1n) is 22.9. The normalized spacial score (nSPS) is 23.1. The highest BCUT2D eigenvalue weighted by Crippen LogP contribution is 2.46. The van der Waals surface area contributed by atoms with Gasteiger partial charge in [0.1, 0.15) is 6.61 Å². The molecule has 2 N–H and O–H groups in total. The zero-order valence-electron chi connectivity index (χ0n) is 38.9. The van der Waals surface area contributed by atoms with Gasteiger partial charge in [0.25, 0.3) is 0 Å². The van der Waals surface area contributed by atoms with E-state index in [2.05, 4.69) is 19.2 Å². The number of carbonyl (C=O) groups excluding carboxylic acids is 6. The first-order valence-corrected chi connectivity index (χ1v) is 22.9. The van der Waals surface area contributed by atoms with Gasteiger partial charge in [0.05, 0.1) is 41.6 Å². The van der Waals surface area contributed by atoms with E-state index in [1.807, 2.05) is 52.3 Å². The predicted molar refractivity (Wildman–Crippen MR) is 269 cm³/mol. The van der Waals surface area contributed by atoms with Gasteiger partial charge in [-0.1, -0.05) is 38.1 Å². The van der Waals surface area contributed by atoms with Gasteiger partial charge >= 0.3 is 11.9 Å².